The molecule has 0 fully saturated rings. The van der Waals surface area contributed by atoms with Crippen molar-refractivity contribution in [2.45, 2.75) is 25.9 Å². The van der Waals surface area contributed by atoms with Crippen molar-refractivity contribution >= 4 is 17.4 Å². The van der Waals surface area contributed by atoms with Crippen LogP contribution in [0.15, 0.2) is 18.9 Å². The standard InChI is InChI=1S/C10H14ClN3O/c1-3-5-8(12)10(15)9-7(11)6-13-14(9)4-2/h3,6,8H,1,4-5,12H2,2H3. The summed E-state index contributed by atoms with van der Waals surface area (Å²) in [6.45, 7) is 6.02. The van der Waals surface area contributed by atoms with Gasteiger partial charge in [-0.1, -0.05) is 17.7 Å². The van der Waals surface area contributed by atoms with Crippen LogP contribution in [0.4, 0.5) is 0 Å². The van der Waals surface area contributed by atoms with Crippen LogP contribution in [-0.2, 0) is 6.54 Å². The molecule has 82 valence electrons. The first kappa shape index (κ1) is 11.9. The summed E-state index contributed by atoms with van der Waals surface area (Å²) in [5.41, 5.74) is 6.07. The predicted molar refractivity (Wildman–Crippen MR) is 60.0 cm³/mol. The van der Waals surface area contributed by atoms with Gasteiger partial charge in [-0.25, -0.2) is 0 Å². The highest BCUT2D eigenvalue weighted by molar-refractivity contribution is 6.33. The van der Waals surface area contributed by atoms with Gasteiger partial charge in [0.25, 0.3) is 0 Å². The number of nitrogens with zero attached hydrogens (tertiary/aromatic N) is 2. The second kappa shape index (κ2) is 5.09. The molecule has 0 aliphatic heterocycles. The highest BCUT2D eigenvalue weighted by atomic mass is 35.5. The molecule has 1 atom stereocenters. The number of hydrogen-bond acceptors (Lipinski definition) is 3. The topological polar surface area (TPSA) is 60.9 Å². The number of halogens is 1. The molecule has 0 bridgehead atoms. The summed E-state index contributed by atoms with van der Waals surface area (Å²) >= 11 is 5.88. The molecule has 0 amide bonds. The van der Waals surface area contributed by atoms with E-state index in [2.05, 4.69) is 11.7 Å². The van der Waals surface area contributed by atoms with Crippen LogP contribution in [0.1, 0.15) is 23.8 Å². The lowest BCUT2D eigenvalue weighted by atomic mass is 10.1. The summed E-state index contributed by atoms with van der Waals surface area (Å²) in [4.78, 5) is 11.9. The first-order valence-corrected chi connectivity index (χ1v) is 5.11. The molecular formula is C10H14ClN3O. The Balaban J connectivity index is 2.98. The number of carbonyl (C=O) groups is 1. The van der Waals surface area contributed by atoms with Gasteiger partial charge in [-0.3, -0.25) is 9.48 Å². The summed E-state index contributed by atoms with van der Waals surface area (Å²) in [5.74, 6) is -0.195. The van der Waals surface area contributed by atoms with Crippen molar-refractivity contribution in [1.82, 2.24) is 9.78 Å². The SMILES string of the molecule is C=CCC(N)C(=O)c1c(Cl)cnn1CC. The second-order valence-electron chi connectivity index (χ2n) is 3.15. The minimum absolute atomic E-state index is 0.195. The fourth-order valence-corrected chi connectivity index (χ4v) is 1.54. The van der Waals surface area contributed by atoms with Gasteiger partial charge in [0.05, 0.1) is 17.3 Å². The maximum Gasteiger partial charge on any atom is 0.199 e. The van der Waals surface area contributed by atoms with Crippen molar-refractivity contribution in [2.24, 2.45) is 5.73 Å². The molecule has 0 aliphatic carbocycles. The number of aryl methyl sites for hydroxylation is 1. The highest BCUT2D eigenvalue weighted by Gasteiger charge is 2.21. The molecule has 2 N–H and O–H groups in total. The Morgan fingerprint density at radius 1 is 1.87 bits per heavy atom. The van der Waals surface area contributed by atoms with E-state index in [1.54, 1.807) is 10.8 Å². The predicted octanol–water partition coefficient (Wildman–Crippen LogP) is 1.64. The Bertz CT molecular complexity index is 373. The molecule has 1 aromatic heterocycles. The molecule has 0 saturated heterocycles. The van der Waals surface area contributed by atoms with Crippen LogP contribution in [0, 0.1) is 0 Å². The number of Topliss-reactive ketones (excluding diaryl/α,β-unsaturated/α-hetero) is 1. The molecule has 0 spiro atoms. The van der Waals surface area contributed by atoms with Gasteiger partial charge in [-0.05, 0) is 13.3 Å². The van der Waals surface area contributed by atoms with Crippen LogP contribution in [-0.4, -0.2) is 21.6 Å². The van der Waals surface area contributed by atoms with Crippen molar-refractivity contribution < 1.29 is 4.79 Å². The quantitative estimate of drug-likeness (QED) is 0.615. The molecule has 0 aliphatic rings. The lowest BCUT2D eigenvalue weighted by Crippen LogP contribution is -2.31. The van der Waals surface area contributed by atoms with Crippen molar-refractivity contribution in [3.63, 3.8) is 0 Å². The molecule has 1 heterocycles. The molecule has 1 aromatic rings. The maximum absolute atomic E-state index is 11.9. The van der Waals surface area contributed by atoms with Crippen LogP contribution < -0.4 is 5.73 Å². The number of carbonyl (C=O) groups excluding carboxylic acids is 1. The van der Waals surface area contributed by atoms with E-state index in [-0.39, 0.29) is 5.78 Å². The van der Waals surface area contributed by atoms with E-state index >= 15 is 0 Å². The Morgan fingerprint density at radius 2 is 2.53 bits per heavy atom. The molecule has 5 heteroatoms. The third kappa shape index (κ3) is 2.46. The Kier molecular flexibility index (Phi) is 4.05. The van der Waals surface area contributed by atoms with E-state index in [0.29, 0.717) is 23.7 Å². The number of rotatable bonds is 5. The monoisotopic (exact) mass is 227 g/mol. The van der Waals surface area contributed by atoms with Crippen LogP contribution in [0.2, 0.25) is 5.02 Å². The van der Waals surface area contributed by atoms with E-state index in [9.17, 15) is 4.79 Å². The van der Waals surface area contributed by atoms with Crippen LogP contribution >= 0.6 is 11.6 Å². The van der Waals surface area contributed by atoms with Gasteiger partial charge in [-0.15, -0.1) is 6.58 Å². The van der Waals surface area contributed by atoms with Crippen molar-refractivity contribution in [3.8, 4) is 0 Å². The van der Waals surface area contributed by atoms with Gasteiger partial charge in [0.15, 0.2) is 5.78 Å². The minimum atomic E-state index is -0.595. The summed E-state index contributed by atoms with van der Waals surface area (Å²) in [5, 5.41) is 4.33. The fourth-order valence-electron chi connectivity index (χ4n) is 1.31. The lowest BCUT2D eigenvalue weighted by molar-refractivity contribution is 0.0951. The van der Waals surface area contributed by atoms with Gasteiger partial charge in [0.1, 0.15) is 5.69 Å². The van der Waals surface area contributed by atoms with Crippen molar-refractivity contribution in [3.05, 3.63) is 29.6 Å². The third-order valence-electron chi connectivity index (χ3n) is 2.09. The summed E-state index contributed by atoms with van der Waals surface area (Å²) in [6.07, 6.45) is 3.51. The zero-order valence-corrected chi connectivity index (χ0v) is 9.37. The van der Waals surface area contributed by atoms with E-state index < -0.39 is 6.04 Å². The van der Waals surface area contributed by atoms with Crippen LogP contribution in [0.3, 0.4) is 0 Å². The normalized spacial score (nSPS) is 12.5. The Hall–Kier alpha value is -1.13. The fraction of sp³-hybridized carbons (Fsp3) is 0.400. The number of aromatic nitrogens is 2. The number of ketones is 1. The van der Waals surface area contributed by atoms with Crippen LogP contribution in [0.25, 0.3) is 0 Å². The Morgan fingerprint density at radius 3 is 3.07 bits per heavy atom. The average molecular weight is 228 g/mol. The molecule has 1 unspecified atom stereocenters. The van der Waals surface area contributed by atoms with Crippen molar-refractivity contribution in [1.29, 1.82) is 0 Å². The van der Waals surface area contributed by atoms with Crippen LogP contribution in [0.5, 0.6) is 0 Å². The minimum Gasteiger partial charge on any atom is -0.321 e. The maximum atomic E-state index is 11.9. The van der Waals surface area contributed by atoms with Gasteiger partial charge >= 0.3 is 0 Å². The largest absolute Gasteiger partial charge is 0.321 e. The van der Waals surface area contributed by atoms with Crippen molar-refractivity contribution in [2.75, 3.05) is 0 Å². The molecule has 4 nitrogen and oxygen atoms in total. The van der Waals surface area contributed by atoms with Gasteiger partial charge in [0.2, 0.25) is 0 Å². The second-order valence-corrected chi connectivity index (χ2v) is 3.56. The van der Waals surface area contributed by atoms with E-state index in [1.807, 2.05) is 6.92 Å². The third-order valence-corrected chi connectivity index (χ3v) is 2.36. The number of nitrogens with two attached hydrogens (primary N) is 1. The molecule has 1 rings (SSSR count). The first-order valence-electron chi connectivity index (χ1n) is 4.73. The summed E-state index contributed by atoms with van der Waals surface area (Å²) in [7, 11) is 0. The molecule has 0 radical (unpaired) electrons. The first-order chi connectivity index (χ1) is 7.11. The Labute approximate surface area is 93.7 Å². The van der Waals surface area contributed by atoms with E-state index in [1.165, 1.54) is 6.20 Å². The van der Waals surface area contributed by atoms with E-state index in [4.69, 9.17) is 17.3 Å². The smallest absolute Gasteiger partial charge is 0.199 e. The molecule has 0 saturated carbocycles. The van der Waals surface area contributed by atoms with Gasteiger partial charge < -0.3 is 5.73 Å². The van der Waals surface area contributed by atoms with E-state index in [0.717, 1.165) is 0 Å². The zero-order valence-electron chi connectivity index (χ0n) is 8.61. The molecule has 0 aromatic carbocycles. The lowest BCUT2D eigenvalue weighted by Gasteiger charge is -2.09. The summed E-state index contributed by atoms with van der Waals surface area (Å²) < 4.78 is 1.55. The summed E-state index contributed by atoms with van der Waals surface area (Å²) in [6, 6.07) is -0.595. The zero-order chi connectivity index (χ0) is 11.4. The molecule has 15 heavy (non-hydrogen) atoms. The highest BCUT2D eigenvalue weighted by Crippen LogP contribution is 2.17. The van der Waals surface area contributed by atoms with Gasteiger partial charge in [-0.2, -0.15) is 5.10 Å². The average Bonchev–Trinajstić information content (AvgIpc) is 2.58. The number of hydrogen-bond donors (Lipinski definition) is 1. The van der Waals surface area contributed by atoms with Gasteiger partial charge in [0, 0.05) is 6.54 Å². The molecular weight excluding hydrogens is 214 g/mol.